The van der Waals surface area contributed by atoms with Gasteiger partial charge in [0.2, 0.25) is 5.91 Å². The molecule has 0 spiro atoms. The fourth-order valence-electron chi connectivity index (χ4n) is 1.27. The van der Waals surface area contributed by atoms with E-state index in [2.05, 4.69) is 5.32 Å². The molecule has 1 aromatic rings. The Morgan fingerprint density at radius 1 is 1.06 bits per heavy atom. The highest BCUT2D eigenvalue weighted by molar-refractivity contribution is 5.95. The highest BCUT2D eigenvalue weighted by atomic mass is 16.4. The molecule has 0 fully saturated rings. The van der Waals surface area contributed by atoms with Crippen LogP contribution in [0.2, 0.25) is 0 Å². The molecule has 0 aromatic heterocycles. The molecule has 0 saturated carbocycles. The van der Waals surface area contributed by atoms with Crippen molar-refractivity contribution in [1.29, 1.82) is 0 Å². The van der Waals surface area contributed by atoms with Crippen molar-refractivity contribution in [2.24, 2.45) is 0 Å². The van der Waals surface area contributed by atoms with Crippen molar-refractivity contribution in [3.05, 3.63) is 48.0 Å². The first-order valence-electron chi connectivity index (χ1n) is 5.00. The molecule has 6 heteroatoms. The summed E-state index contributed by atoms with van der Waals surface area (Å²) in [5, 5.41) is 19.5. The summed E-state index contributed by atoms with van der Waals surface area (Å²) in [7, 11) is 0. The van der Waals surface area contributed by atoms with Gasteiger partial charge in [0.25, 0.3) is 0 Å². The van der Waals surface area contributed by atoms with E-state index in [0.29, 0.717) is 11.6 Å². The molecule has 1 amide bonds. The second-order valence-corrected chi connectivity index (χ2v) is 3.36. The van der Waals surface area contributed by atoms with Crippen LogP contribution in [0.15, 0.2) is 42.5 Å². The van der Waals surface area contributed by atoms with Gasteiger partial charge < -0.3 is 15.5 Å². The number of hydrogen-bond acceptors (Lipinski definition) is 3. The lowest BCUT2D eigenvalue weighted by Crippen LogP contribution is -2.32. The van der Waals surface area contributed by atoms with Crippen LogP contribution in [0.5, 0.6) is 0 Å². The van der Waals surface area contributed by atoms with Gasteiger partial charge in [-0.15, -0.1) is 0 Å². The molecule has 18 heavy (non-hydrogen) atoms. The second-order valence-electron chi connectivity index (χ2n) is 3.36. The van der Waals surface area contributed by atoms with E-state index in [1.807, 2.05) is 0 Å². The molecule has 0 saturated heterocycles. The topological polar surface area (TPSA) is 104 Å². The summed E-state index contributed by atoms with van der Waals surface area (Å²) in [6, 6.07) is 6.90. The highest BCUT2D eigenvalue weighted by Crippen LogP contribution is 2.12. The van der Waals surface area contributed by atoms with Crippen LogP contribution in [-0.4, -0.2) is 28.1 Å². The van der Waals surface area contributed by atoms with Crippen molar-refractivity contribution >= 4 is 17.8 Å². The van der Waals surface area contributed by atoms with Crippen LogP contribution >= 0.6 is 0 Å². The Kier molecular flexibility index (Phi) is 4.62. The van der Waals surface area contributed by atoms with Gasteiger partial charge in [0.05, 0.1) is 0 Å². The molecule has 0 aliphatic heterocycles. The van der Waals surface area contributed by atoms with Crippen LogP contribution in [-0.2, 0) is 14.4 Å². The summed E-state index contributed by atoms with van der Waals surface area (Å²) >= 11 is 0. The van der Waals surface area contributed by atoms with Gasteiger partial charge in [0.1, 0.15) is 0 Å². The number of carbonyl (C=O) groups excluding carboxylic acids is 1. The highest BCUT2D eigenvalue weighted by Gasteiger charge is 2.20. The maximum atomic E-state index is 11.3. The summed E-state index contributed by atoms with van der Waals surface area (Å²) in [6.07, 6.45) is 1.40. The molecule has 0 heterocycles. The second kappa shape index (κ2) is 6.19. The number of carboxylic acids is 2. The van der Waals surface area contributed by atoms with Crippen LogP contribution in [0.25, 0.3) is 0 Å². The fraction of sp³-hybridized carbons (Fsp3) is 0.0833. The largest absolute Gasteiger partial charge is 0.479 e. The molecule has 1 atom stereocenters. The monoisotopic (exact) mass is 249 g/mol. The Bertz CT molecular complexity index is 481. The smallest absolute Gasteiger partial charge is 0.330 e. The van der Waals surface area contributed by atoms with Crippen LogP contribution in [0.1, 0.15) is 11.6 Å². The maximum Gasteiger partial charge on any atom is 0.330 e. The molecule has 94 valence electrons. The predicted molar refractivity (Wildman–Crippen MR) is 61.7 cm³/mol. The average molecular weight is 249 g/mol. The molecule has 1 unspecified atom stereocenters. The van der Waals surface area contributed by atoms with Crippen LogP contribution < -0.4 is 5.32 Å². The molecule has 1 aromatic carbocycles. The third-order valence-electron chi connectivity index (χ3n) is 2.04. The van der Waals surface area contributed by atoms with Gasteiger partial charge in [-0.25, -0.2) is 9.59 Å². The number of amides is 1. The van der Waals surface area contributed by atoms with Crippen molar-refractivity contribution in [3.8, 4) is 0 Å². The number of rotatable bonds is 5. The van der Waals surface area contributed by atoms with Crippen LogP contribution in [0, 0.1) is 0 Å². The standard InChI is InChI=1S/C12H11NO5/c14-9(6-7-10(15)16)13-11(12(17)18)8-4-2-1-3-5-8/h1-7,11H,(H,13,14)(H,15,16)(H,17,18)/b7-6-. The zero-order valence-electron chi connectivity index (χ0n) is 9.24. The lowest BCUT2D eigenvalue weighted by Gasteiger charge is -2.13. The first-order valence-corrected chi connectivity index (χ1v) is 5.00. The van der Waals surface area contributed by atoms with E-state index in [1.165, 1.54) is 0 Å². The van der Waals surface area contributed by atoms with E-state index < -0.39 is 23.9 Å². The molecule has 3 N–H and O–H groups in total. The summed E-state index contributed by atoms with van der Waals surface area (Å²) in [6.45, 7) is 0. The Hall–Kier alpha value is -2.63. The molecule has 0 aliphatic carbocycles. The van der Waals surface area contributed by atoms with E-state index in [4.69, 9.17) is 10.2 Å². The van der Waals surface area contributed by atoms with Crippen molar-refractivity contribution in [2.75, 3.05) is 0 Å². The van der Waals surface area contributed by atoms with Crippen LogP contribution in [0.3, 0.4) is 0 Å². The molecule has 0 aliphatic rings. The van der Waals surface area contributed by atoms with E-state index in [1.54, 1.807) is 30.3 Å². The number of carboxylic acid groups (broad SMARTS) is 2. The average Bonchev–Trinajstić information content (AvgIpc) is 2.34. The summed E-state index contributed by atoms with van der Waals surface area (Å²) < 4.78 is 0. The normalized spacial score (nSPS) is 12.0. The minimum Gasteiger partial charge on any atom is -0.479 e. The zero-order valence-corrected chi connectivity index (χ0v) is 9.24. The van der Waals surface area contributed by atoms with Crippen molar-refractivity contribution in [2.45, 2.75) is 6.04 Å². The van der Waals surface area contributed by atoms with Gasteiger partial charge in [-0.3, -0.25) is 4.79 Å². The SMILES string of the molecule is O=C(O)/C=C\C(=O)NC(C(=O)O)c1ccccc1. The first-order chi connectivity index (χ1) is 8.50. The number of aliphatic carboxylic acids is 2. The Labute approximate surface area is 103 Å². The summed E-state index contributed by atoms with van der Waals surface area (Å²) in [5.74, 6) is -3.29. The van der Waals surface area contributed by atoms with E-state index in [9.17, 15) is 14.4 Å². The Morgan fingerprint density at radius 3 is 2.17 bits per heavy atom. The van der Waals surface area contributed by atoms with Crippen molar-refractivity contribution < 1.29 is 24.6 Å². The van der Waals surface area contributed by atoms with Gasteiger partial charge in [0.15, 0.2) is 6.04 Å². The minimum atomic E-state index is -1.28. The third-order valence-corrected chi connectivity index (χ3v) is 2.04. The van der Waals surface area contributed by atoms with Gasteiger partial charge in [0, 0.05) is 12.2 Å². The first kappa shape index (κ1) is 13.4. The molecule has 6 nitrogen and oxygen atoms in total. The van der Waals surface area contributed by atoms with Gasteiger partial charge in [-0.05, 0) is 5.56 Å². The van der Waals surface area contributed by atoms with Crippen molar-refractivity contribution in [3.63, 3.8) is 0 Å². The molecular formula is C12H11NO5. The quantitative estimate of drug-likeness (QED) is 0.662. The van der Waals surface area contributed by atoms with Gasteiger partial charge in [-0.1, -0.05) is 30.3 Å². The maximum absolute atomic E-state index is 11.3. The van der Waals surface area contributed by atoms with E-state index in [-0.39, 0.29) is 0 Å². The molecule has 0 radical (unpaired) electrons. The Morgan fingerprint density at radius 2 is 1.67 bits per heavy atom. The molecule has 1 rings (SSSR count). The number of carbonyl (C=O) groups is 3. The van der Waals surface area contributed by atoms with Gasteiger partial charge in [-0.2, -0.15) is 0 Å². The molecule has 0 bridgehead atoms. The number of benzene rings is 1. The minimum absolute atomic E-state index is 0.405. The third kappa shape index (κ3) is 4.09. The Balaban J connectivity index is 2.80. The fourth-order valence-corrected chi connectivity index (χ4v) is 1.27. The number of hydrogen-bond donors (Lipinski definition) is 3. The number of nitrogens with one attached hydrogen (secondary N) is 1. The lowest BCUT2D eigenvalue weighted by molar-refractivity contribution is -0.141. The summed E-state index contributed by atoms with van der Waals surface area (Å²) in [4.78, 5) is 32.5. The van der Waals surface area contributed by atoms with Gasteiger partial charge >= 0.3 is 11.9 Å². The summed E-state index contributed by atoms with van der Waals surface area (Å²) in [5.41, 5.74) is 0.405. The van der Waals surface area contributed by atoms with E-state index >= 15 is 0 Å². The van der Waals surface area contributed by atoms with E-state index in [0.717, 1.165) is 6.08 Å². The van der Waals surface area contributed by atoms with Crippen LogP contribution in [0.4, 0.5) is 0 Å². The molecular weight excluding hydrogens is 238 g/mol. The van der Waals surface area contributed by atoms with Crippen molar-refractivity contribution in [1.82, 2.24) is 5.32 Å². The lowest BCUT2D eigenvalue weighted by atomic mass is 10.1. The zero-order chi connectivity index (χ0) is 13.5. The predicted octanol–water partition coefficient (Wildman–Crippen LogP) is 0.569.